The first kappa shape index (κ1) is 18.9. The fourth-order valence-electron chi connectivity index (χ4n) is 3.22. The quantitative estimate of drug-likeness (QED) is 0.838. The van der Waals surface area contributed by atoms with Crippen molar-refractivity contribution < 1.29 is 4.74 Å². The Morgan fingerprint density at radius 3 is 2.10 bits per heavy atom. The molecule has 1 unspecified atom stereocenters. The lowest BCUT2D eigenvalue weighted by molar-refractivity contribution is -0.0488. The van der Waals surface area contributed by atoms with Crippen LogP contribution in [0, 0.1) is 5.41 Å². The number of hydrogen-bond donors (Lipinski definition) is 1. The van der Waals surface area contributed by atoms with Gasteiger partial charge in [0.15, 0.2) is 0 Å². The third kappa shape index (κ3) is 5.22. The van der Waals surface area contributed by atoms with Gasteiger partial charge in [-0.1, -0.05) is 34.6 Å². The Labute approximate surface area is 132 Å². The Bertz CT molecular complexity index is 310. The molecule has 1 rings (SSSR count). The zero-order valence-electron chi connectivity index (χ0n) is 15.7. The predicted octanol–water partition coefficient (Wildman–Crippen LogP) is 3.68. The molecule has 126 valence electrons. The van der Waals surface area contributed by atoms with Crippen LogP contribution in [-0.2, 0) is 4.74 Å². The zero-order chi connectivity index (χ0) is 16.3. The first-order valence-electron chi connectivity index (χ1n) is 8.66. The van der Waals surface area contributed by atoms with Gasteiger partial charge in [-0.05, 0) is 39.0 Å². The largest absolute Gasteiger partial charge is 0.375 e. The van der Waals surface area contributed by atoms with Gasteiger partial charge in [0.05, 0.1) is 12.2 Å². The highest BCUT2D eigenvalue weighted by atomic mass is 16.5. The molecule has 3 heteroatoms. The predicted molar refractivity (Wildman–Crippen MR) is 91.8 cm³/mol. The van der Waals surface area contributed by atoms with E-state index >= 15 is 0 Å². The summed E-state index contributed by atoms with van der Waals surface area (Å²) in [5.74, 6) is 0. The van der Waals surface area contributed by atoms with Gasteiger partial charge >= 0.3 is 0 Å². The summed E-state index contributed by atoms with van der Waals surface area (Å²) in [4.78, 5) is 2.69. The van der Waals surface area contributed by atoms with E-state index in [1.807, 2.05) is 0 Å². The molecule has 1 aliphatic heterocycles. The van der Waals surface area contributed by atoms with Gasteiger partial charge in [0, 0.05) is 31.2 Å². The van der Waals surface area contributed by atoms with Crippen LogP contribution in [0.1, 0.15) is 68.2 Å². The van der Waals surface area contributed by atoms with Crippen molar-refractivity contribution in [3.8, 4) is 0 Å². The fraction of sp³-hybridized carbons (Fsp3) is 1.00. The van der Waals surface area contributed by atoms with Gasteiger partial charge in [-0.15, -0.1) is 0 Å². The normalized spacial score (nSPS) is 24.3. The number of piperazine rings is 1. The molecule has 0 aromatic heterocycles. The third-order valence-electron chi connectivity index (χ3n) is 5.01. The minimum Gasteiger partial charge on any atom is -0.375 e. The summed E-state index contributed by atoms with van der Waals surface area (Å²) in [5, 5.41) is 3.81. The third-order valence-corrected chi connectivity index (χ3v) is 5.01. The molecule has 0 saturated carbocycles. The van der Waals surface area contributed by atoms with E-state index in [2.05, 4.69) is 65.6 Å². The fourth-order valence-corrected chi connectivity index (χ4v) is 3.22. The molecular weight excluding hydrogens is 260 g/mol. The Morgan fingerprint density at radius 1 is 1.10 bits per heavy atom. The number of hydrogen-bond acceptors (Lipinski definition) is 3. The zero-order valence-corrected chi connectivity index (χ0v) is 15.7. The topological polar surface area (TPSA) is 24.5 Å². The lowest BCUT2D eigenvalue weighted by Crippen LogP contribution is -2.67. The SMILES string of the molecule is CCC1(CC)CNC(C(C)(C)C)CN1CCOC(C)(C)C. The second-order valence-corrected chi connectivity index (χ2v) is 8.64. The van der Waals surface area contributed by atoms with Crippen molar-refractivity contribution in [2.24, 2.45) is 5.41 Å². The monoisotopic (exact) mass is 298 g/mol. The molecule has 3 nitrogen and oxygen atoms in total. The van der Waals surface area contributed by atoms with Crippen molar-refractivity contribution in [1.82, 2.24) is 10.2 Å². The molecule has 21 heavy (non-hydrogen) atoms. The van der Waals surface area contributed by atoms with E-state index < -0.39 is 0 Å². The molecule has 1 atom stereocenters. The van der Waals surface area contributed by atoms with Crippen LogP contribution >= 0.6 is 0 Å². The highest BCUT2D eigenvalue weighted by Crippen LogP contribution is 2.31. The molecule has 0 bridgehead atoms. The van der Waals surface area contributed by atoms with E-state index in [9.17, 15) is 0 Å². The van der Waals surface area contributed by atoms with Crippen molar-refractivity contribution in [2.45, 2.75) is 85.4 Å². The van der Waals surface area contributed by atoms with Crippen LogP contribution in [0.15, 0.2) is 0 Å². The van der Waals surface area contributed by atoms with Crippen LogP contribution in [0.25, 0.3) is 0 Å². The molecular formula is C18H38N2O. The Kier molecular flexibility index (Phi) is 6.28. The van der Waals surface area contributed by atoms with E-state index in [1.165, 1.54) is 12.8 Å². The standard InChI is InChI=1S/C18H38N2O/c1-9-18(10-2)14-19-15(16(3,4)5)13-20(18)11-12-21-17(6,7)8/h15,19H,9-14H2,1-8H3. The van der Waals surface area contributed by atoms with Crippen molar-refractivity contribution >= 4 is 0 Å². The van der Waals surface area contributed by atoms with Crippen LogP contribution in [0.5, 0.6) is 0 Å². The number of nitrogens with zero attached hydrogens (tertiary/aromatic N) is 1. The minimum atomic E-state index is -0.0431. The van der Waals surface area contributed by atoms with Crippen molar-refractivity contribution in [1.29, 1.82) is 0 Å². The first-order valence-corrected chi connectivity index (χ1v) is 8.66. The smallest absolute Gasteiger partial charge is 0.0600 e. The molecule has 0 aliphatic carbocycles. The van der Waals surface area contributed by atoms with Crippen molar-refractivity contribution in [3.05, 3.63) is 0 Å². The molecule has 0 aromatic carbocycles. The molecule has 0 aromatic rings. The average Bonchev–Trinajstić information content (AvgIpc) is 2.36. The minimum absolute atomic E-state index is 0.0431. The van der Waals surface area contributed by atoms with Crippen LogP contribution < -0.4 is 5.32 Å². The Balaban J connectivity index is 2.74. The van der Waals surface area contributed by atoms with Crippen molar-refractivity contribution in [2.75, 3.05) is 26.2 Å². The van der Waals surface area contributed by atoms with Crippen LogP contribution in [0.3, 0.4) is 0 Å². The summed E-state index contributed by atoms with van der Waals surface area (Å²) in [6.07, 6.45) is 2.39. The molecule has 1 aliphatic rings. The van der Waals surface area contributed by atoms with Crippen molar-refractivity contribution in [3.63, 3.8) is 0 Å². The molecule has 1 N–H and O–H groups in total. The van der Waals surface area contributed by atoms with Gasteiger partial charge < -0.3 is 10.1 Å². The van der Waals surface area contributed by atoms with Gasteiger partial charge in [0.2, 0.25) is 0 Å². The van der Waals surface area contributed by atoms with E-state index in [-0.39, 0.29) is 5.60 Å². The van der Waals surface area contributed by atoms with E-state index in [4.69, 9.17) is 4.74 Å². The summed E-state index contributed by atoms with van der Waals surface area (Å²) in [7, 11) is 0. The lowest BCUT2D eigenvalue weighted by atomic mass is 9.80. The van der Waals surface area contributed by atoms with Gasteiger partial charge in [0.25, 0.3) is 0 Å². The second kappa shape index (κ2) is 6.97. The summed E-state index contributed by atoms with van der Waals surface area (Å²) >= 11 is 0. The van der Waals surface area contributed by atoms with E-state index in [0.717, 1.165) is 26.2 Å². The summed E-state index contributed by atoms with van der Waals surface area (Å²) < 4.78 is 5.97. The summed E-state index contributed by atoms with van der Waals surface area (Å²) in [6, 6.07) is 0.554. The molecule has 0 radical (unpaired) electrons. The average molecular weight is 299 g/mol. The second-order valence-electron chi connectivity index (χ2n) is 8.64. The van der Waals surface area contributed by atoms with Gasteiger partial charge in [-0.2, -0.15) is 0 Å². The van der Waals surface area contributed by atoms with E-state index in [0.29, 0.717) is 17.0 Å². The van der Waals surface area contributed by atoms with Crippen LogP contribution in [-0.4, -0.2) is 48.3 Å². The van der Waals surface area contributed by atoms with E-state index in [1.54, 1.807) is 0 Å². The van der Waals surface area contributed by atoms with Crippen LogP contribution in [0.2, 0.25) is 0 Å². The Morgan fingerprint density at radius 2 is 1.67 bits per heavy atom. The summed E-state index contributed by atoms with van der Waals surface area (Å²) in [5.41, 5.74) is 0.554. The molecule has 1 saturated heterocycles. The highest BCUT2D eigenvalue weighted by Gasteiger charge is 2.41. The molecule has 1 heterocycles. The van der Waals surface area contributed by atoms with Gasteiger partial charge in [-0.3, -0.25) is 4.90 Å². The number of nitrogens with one attached hydrogen (secondary N) is 1. The maximum Gasteiger partial charge on any atom is 0.0600 e. The maximum atomic E-state index is 5.97. The molecule has 0 spiro atoms. The van der Waals surface area contributed by atoms with Gasteiger partial charge in [-0.25, -0.2) is 0 Å². The molecule has 0 amide bonds. The van der Waals surface area contributed by atoms with Gasteiger partial charge in [0.1, 0.15) is 0 Å². The molecule has 1 fully saturated rings. The number of rotatable bonds is 5. The maximum absolute atomic E-state index is 5.97. The Hall–Kier alpha value is -0.120. The number of ether oxygens (including phenoxy) is 1. The highest BCUT2D eigenvalue weighted by molar-refractivity contribution is 5.00. The lowest BCUT2D eigenvalue weighted by Gasteiger charge is -2.52. The van der Waals surface area contributed by atoms with Crippen LogP contribution in [0.4, 0.5) is 0 Å². The first-order chi connectivity index (χ1) is 9.54. The summed E-state index contributed by atoms with van der Waals surface area (Å²) in [6.45, 7) is 22.1.